The van der Waals surface area contributed by atoms with Crippen molar-refractivity contribution in [1.82, 2.24) is 4.90 Å². The normalized spacial score (nSPS) is 16.9. The van der Waals surface area contributed by atoms with Crippen molar-refractivity contribution in [2.24, 2.45) is 0 Å². The molecule has 1 fully saturated rings. The molecule has 0 N–H and O–H groups in total. The fourth-order valence-electron chi connectivity index (χ4n) is 2.41. The van der Waals surface area contributed by atoms with E-state index in [1.807, 2.05) is 30.3 Å². The van der Waals surface area contributed by atoms with Gasteiger partial charge in [-0.15, -0.1) is 0 Å². The van der Waals surface area contributed by atoms with Crippen molar-refractivity contribution in [1.29, 1.82) is 0 Å². The third-order valence-electron chi connectivity index (χ3n) is 3.42. The Labute approximate surface area is 104 Å². The van der Waals surface area contributed by atoms with E-state index >= 15 is 0 Å². The molecule has 1 aromatic carbocycles. The average Bonchev–Trinajstić information content (AvgIpc) is 2.41. The van der Waals surface area contributed by atoms with Crippen LogP contribution in [0.2, 0.25) is 0 Å². The van der Waals surface area contributed by atoms with E-state index in [4.69, 9.17) is 0 Å². The number of ketones is 1. The highest BCUT2D eigenvalue weighted by Gasteiger charge is 2.10. The molecule has 0 unspecified atom stereocenters. The van der Waals surface area contributed by atoms with Gasteiger partial charge in [-0.05, 0) is 38.9 Å². The quantitative estimate of drug-likeness (QED) is 0.726. The Morgan fingerprint density at radius 2 is 1.76 bits per heavy atom. The molecule has 0 amide bonds. The monoisotopic (exact) mass is 231 g/mol. The molecule has 1 aliphatic heterocycles. The molecule has 1 saturated heterocycles. The second-order valence-corrected chi connectivity index (χ2v) is 4.80. The van der Waals surface area contributed by atoms with Gasteiger partial charge in [0, 0.05) is 12.0 Å². The van der Waals surface area contributed by atoms with Crippen LogP contribution in [0, 0.1) is 0 Å². The summed E-state index contributed by atoms with van der Waals surface area (Å²) in [7, 11) is 0. The number of carbonyl (C=O) groups is 1. The van der Waals surface area contributed by atoms with Crippen molar-refractivity contribution in [3.63, 3.8) is 0 Å². The van der Waals surface area contributed by atoms with Crippen molar-refractivity contribution >= 4 is 5.78 Å². The smallest absolute Gasteiger partial charge is 0.162 e. The third kappa shape index (κ3) is 3.97. The number of hydrogen-bond donors (Lipinski definition) is 0. The van der Waals surface area contributed by atoms with Crippen LogP contribution in [0.15, 0.2) is 30.3 Å². The summed E-state index contributed by atoms with van der Waals surface area (Å²) >= 11 is 0. The number of likely N-dealkylation sites (tertiary alicyclic amines) is 1. The lowest BCUT2D eigenvalue weighted by atomic mass is 10.1. The van der Waals surface area contributed by atoms with Crippen LogP contribution >= 0.6 is 0 Å². The number of hydrogen-bond acceptors (Lipinski definition) is 2. The molecule has 1 heterocycles. The third-order valence-corrected chi connectivity index (χ3v) is 3.42. The standard InChI is InChI=1S/C15H21NO/c17-15(14-8-3-1-4-9-14)10-7-13-16-11-5-2-6-12-16/h1,3-4,8-9H,2,5-7,10-13H2. The molecule has 17 heavy (non-hydrogen) atoms. The van der Waals surface area contributed by atoms with Crippen molar-refractivity contribution in [3.05, 3.63) is 35.9 Å². The molecule has 2 heteroatoms. The first-order valence-corrected chi connectivity index (χ1v) is 6.67. The van der Waals surface area contributed by atoms with Crippen LogP contribution < -0.4 is 0 Å². The van der Waals surface area contributed by atoms with Gasteiger partial charge < -0.3 is 4.90 Å². The lowest BCUT2D eigenvalue weighted by molar-refractivity contribution is 0.0973. The van der Waals surface area contributed by atoms with E-state index in [1.54, 1.807) is 0 Å². The van der Waals surface area contributed by atoms with Crippen molar-refractivity contribution < 1.29 is 4.79 Å². The Morgan fingerprint density at radius 3 is 2.47 bits per heavy atom. The van der Waals surface area contributed by atoms with Crippen molar-refractivity contribution in [3.8, 4) is 0 Å². The first kappa shape index (κ1) is 12.3. The number of piperidine rings is 1. The molecule has 0 aliphatic carbocycles. The fourth-order valence-corrected chi connectivity index (χ4v) is 2.41. The van der Waals surface area contributed by atoms with Crippen molar-refractivity contribution in [2.75, 3.05) is 19.6 Å². The molecule has 0 saturated carbocycles. The average molecular weight is 231 g/mol. The van der Waals surface area contributed by atoms with E-state index in [9.17, 15) is 4.79 Å². The lowest BCUT2D eigenvalue weighted by Crippen LogP contribution is -2.30. The maximum atomic E-state index is 11.9. The molecule has 0 bridgehead atoms. The Hall–Kier alpha value is -1.15. The van der Waals surface area contributed by atoms with Crippen molar-refractivity contribution in [2.45, 2.75) is 32.1 Å². The summed E-state index contributed by atoms with van der Waals surface area (Å²) < 4.78 is 0. The van der Waals surface area contributed by atoms with E-state index in [1.165, 1.54) is 32.4 Å². The van der Waals surface area contributed by atoms with Gasteiger partial charge in [0.15, 0.2) is 5.78 Å². The first-order valence-electron chi connectivity index (χ1n) is 6.67. The lowest BCUT2D eigenvalue weighted by Gasteiger charge is -2.26. The minimum Gasteiger partial charge on any atom is -0.303 e. The fraction of sp³-hybridized carbons (Fsp3) is 0.533. The van der Waals surface area contributed by atoms with E-state index < -0.39 is 0 Å². The second-order valence-electron chi connectivity index (χ2n) is 4.80. The van der Waals surface area contributed by atoms with Crippen LogP contribution in [-0.4, -0.2) is 30.3 Å². The summed E-state index contributed by atoms with van der Waals surface area (Å²) in [6, 6.07) is 9.62. The van der Waals surface area contributed by atoms with Gasteiger partial charge in [-0.2, -0.15) is 0 Å². The predicted molar refractivity (Wildman–Crippen MR) is 70.3 cm³/mol. The van der Waals surface area contributed by atoms with Gasteiger partial charge in [-0.25, -0.2) is 0 Å². The number of benzene rings is 1. The van der Waals surface area contributed by atoms with Crippen LogP contribution in [-0.2, 0) is 0 Å². The minimum atomic E-state index is 0.280. The highest BCUT2D eigenvalue weighted by molar-refractivity contribution is 5.95. The predicted octanol–water partition coefficient (Wildman–Crippen LogP) is 3.14. The highest BCUT2D eigenvalue weighted by Crippen LogP contribution is 2.11. The van der Waals surface area contributed by atoms with Crippen LogP contribution in [0.5, 0.6) is 0 Å². The van der Waals surface area contributed by atoms with E-state index in [0.29, 0.717) is 6.42 Å². The Bertz CT molecular complexity index is 341. The molecule has 1 aliphatic rings. The zero-order valence-corrected chi connectivity index (χ0v) is 10.4. The van der Waals surface area contributed by atoms with Crippen LogP contribution in [0.4, 0.5) is 0 Å². The van der Waals surface area contributed by atoms with Crippen LogP contribution in [0.1, 0.15) is 42.5 Å². The first-order chi connectivity index (χ1) is 8.36. The second kappa shape index (κ2) is 6.55. The van der Waals surface area contributed by atoms with Gasteiger partial charge in [0.25, 0.3) is 0 Å². The summed E-state index contributed by atoms with van der Waals surface area (Å²) in [6.45, 7) is 3.53. The SMILES string of the molecule is O=C(CCCN1CCCCC1)c1ccccc1. The van der Waals surface area contributed by atoms with Gasteiger partial charge in [-0.3, -0.25) is 4.79 Å². The van der Waals surface area contributed by atoms with E-state index in [2.05, 4.69) is 4.90 Å². The molecule has 2 rings (SSSR count). The largest absolute Gasteiger partial charge is 0.303 e. The summed E-state index contributed by atoms with van der Waals surface area (Å²) in [5, 5.41) is 0. The number of carbonyl (C=O) groups excluding carboxylic acids is 1. The molecule has 1 aromatic rings. The molecule has 0 radical (unpaired) electrons. The maximum Gasteiger partial charge on any atom is 0.162 e. The zero-order chi connectivity index (χ0) is 11.9. The molecule has 92 valence electrons. The van der Waals surface area contributed by atoms with Gasteiger partial charge in [0.1, 0.15) is 0 Å². The summed E-state index contributed by atoms with van der Waals surface area (Å²) in [5.74, 6) is 0.280. The molecule has 2 nitrogen and oxygen atoms in total. The summed E-state index contributed by atoms with van der Waals surface area (Å²) in [4.78, 5) is 14.4. The summed E-state index contributed by atoms with van der Waals surface area (Å²) in [5.41, 5.74) is 0.853. The number of Topliss-reactive ketones (excluding diaryl/α,β-unsaturated/α-hetero) is 1. The molecule has 0 spiro atoms. The number of nitrogens with zero attached hydrogens (tertiary/aromatic N) is 1. The van der Waals surface area contributed by atoms with Crippen LogP contribution in [0.3, 0.4) is 0 Å². The molecular weight excluding hydrogens is 210 g/mol. The van der Waals surface area contributed by atoms with Gasteiger partial charge in [-0.1, -0.05) is 36.8 Å². The summed E-state index contributed by atoms with van der Waals surface area (Å²) in [6.07, 6.45) is 5.70. The van der Waals surface area contributed by atoms with E-state index in [-0.39, 0.29) is 5.78 Å². The van der Waals surface area contributed by atoms with Gasteiger partial charge in [0.05, 0.1) is 0 Å². The Balaban J connectivity index is 1.69. The topological polar surface area (TPSA) is 20.3 Å². The van der Waals surface area contributed by atoms with Crippen LogP contribution in [0.25, 0.3) is 0 Å². The van der Waals surface area contributed by atoms with E-state index in [0.717, 1.165) is 18.5 Å². The Morgan fingerprint density at radius 1 is 1.06 bits per heavy atom. The maximum absolute atomic E-state index is 11.9. The molecule has 0 atom stereocenters. The molecular formula is C15H21NO. The van der Waals surface area contributed by atoms with Gasteiger partial charge in [0.2, 0.25) is 0 Å². The highest BCUT2D eigenvalue weighted by atomic mass is 16.1. The minimum absolute atomic E-state index is 0.280. The van der Waals surface area contributed by atoms with Gasteiger partial charge >= 0.3 is 0 Å². The number of rotatable bonds is 5. The molecule has 0 aromatic heterocycles. The Kier molecular flexibility index (Phi) is 4.75. The zero-order valence-electron chi connectivity index (χ0n) is 10.4.